The Bertz CT molecular complexity index is 725. The predicted molar refractivity (Wildman–Crippen MR) is 88.9 cm³/mol. The zero-order valence-electron chi connectivity index (χ0n) is 13.9. The number of hydrogen-bond donors (Lipinski definition) is 0. The summed E-state index contributed by atoms with van der Waals surface area (Å²) in [6, 6.07) is 21.6. The molecule has 2 aromatic rings. The molecule has 13 heteroatoms. The molecule has 0 spiro atoms. The number of hydrogen-bond acceptors (Lipinski definition) is 1. The summed E-state index contributed by atoms with van der Waals surface area (Å²) in [5.41, 5.74) is -13.2. The summed E-state index contributed by atoms with van der Waals surface area (Å²) in [4.78, 5) is 0. The maximum atomic E-state index is 12.0. The topological polar surface area (TPSA) is 17.1 Å². The maximum absolute atomic E-state index is 12.0. The fourth-order valence-corrected chi connectivity index (χ4v) is 6.17. The molecule has 29 heavy (non-hydrogen) atoms. The van der Waals surface area contributed by atoms with Gasteiger partial charge in [-0.1, -0.05) is 0 Å². The van der Waals surface area contributed by atoms with Gasteiger partial charge in [0, 0.05) is 0 Å². The van der Waals surface area contributed by atoms with Crippen LogP contribution in [0.3, 0.4) is 0 Å². The molecule has 2 aromatic carbocycles. The van der Waals surface area contributed by atoms with Crippen molar-refractivity contribution in [3.05, 3.63) is 60.7 Å². The standard InChI is InChI=1S/2C6H5.C4HF10OP.Bi/c2*1-2-4-6-5-3-1;5-1(6,7)3(11,12)16(15)4(13,14)2(8,9)10;/h2*1-5H;16H;. The molecule has 0 aromatic heterocycles. The monoisotopic (exact) mass is 649 g/mol. The molecule has 0 fully saturated rings. The molecule has 0 aliphatic heterocycles. The summed E-state index contributed by atoms with van der Waals surface area (Å²) < 4.78 is 129. The second kappa shape index (κ2) is 9.77. The average molecular weight is 649 g/mol. The van der Waals surface area contributed by atoms with Crippen LogP contribution >= 0.6 is 7.80 Å². The van der Waals surface area contributed by atoms with E-state index in [1.165, 1.54) is 0 Å². The van der Waals surface area contributed by atoms with E-state index in [4.69, 9.17) is 0 Å². The third-order valence-corrected chi connectivity index (χ3v) is 9.09. The SMILES string of the molecule is O=[PH](C(F)(F)C(F)(F)F)C(F)(F)C(F)(F)F.c1cc[c]([Bi][c]2ccccc2)cc1. The van der Waals surface area contributed by atoms with Gasteiger partial charge in [0.05, 0.1) is 0 Å². The summed E-state index contributed by atoms with van der Waals surface area (Å²) in [5.74, 6) is 0. The van der Waals surface area contributed by atoms with Gasteiger partial charge in [-0.05, 0) is 0 Å². The van der Waals surface area contributed by atoms with E-state index in [9.17, 15) is 48.5 Å². The molecule has 1 radical (unpaired) electrons. The van der Waals surface area contributed by atoms with Crippen molar-refractivity contribution >= 4 is 37.6 Å². The Morgan fingerprint density at radius 2 is 0.828 bits per heavy atom. The van der Waals surface area contributed by atoms with Crippen LogP contribution < -0.4 is 6.54 Å². The zero-order chi connectivity index (χ0) is 22.5. The minimum atomic E-state index is -6.74. The van der Waals surface area contributed by atoms with Crippen LogP contribution in [-0.2, 0) is 4.57 Å². The van der Waals surface area contributed by atoms with Crippen molar-refractivity contribution in [3.8, 4) is 0 Å². The van der Waals surface area contributed by atoms with E-state index in [-0.39, 0.29) is 0 Å². The number of alkyl halides is 10. The van der Waals surface area contributed by atoms with E-state index in [1.807, 2.05) is 0 Å². The number of benzene rings is 2. The summed E-state index contributed by atoms with van der Waals surface area (Å²) in [5, 5.41) is 0. The molecule has 0 N–H and O–H groups in total. The predicted octanol–water partition coefficient (Wildman–Crippen LogP) is 5.20. The molecule has 1 nitrogen and oxygen atoms in total. The first-order valence-corrected chi connectivity index (χ1v) is 12.2. The van der Waals surface area contributed by atoms with E-state index in [0.29, 0.717) is 0 Å². The summed E-state index contributed by atoms with van der Waals surface area (Å²) in [6.07, 6.45) is -13.5. The number of halogens is 10. The van der Waals surface area contributed by atoms with E-state index in [1.54, 1.807) is 6.54 Å². The minimum absolute atomic E-state index is 0.613. The van der Waals surface area contributed by atoms with Gasteiger partial charge in [-0.25, -0.2) is 0 Å². The van der Waals surface area contributed by atoms with Crippen molar-refractivity contribution in [1.29, 1.82) is 0 Å². The normalized spacial score (nSPS) is 13.1. The van der Waals surface area contributed by atoms with Crippen LogP contribution in [0, 0.1) is 0 Å². The molecule has 0 saturated heterocycles. The molecule has 0 atom stereocenters. The second-order valence-electron chi connectivity index (χ2n) is 5.26. The summed E-state index contributed by atoms with van der Waals surface area (Å²) >= 11 is -0.613. The van der Waals surface area contributed by atoms with Gasteiger partial charge in [0.1, 0.15) is 0 Å². The second-order valence-corrected chi connectivity index (χ2v) is 12.1. The third kappa shape index (κ3) is 6.95. The van der Waals surface area contributed by atoms with Gasteiger partial charge in [0.15, 0.2) is 0 Å². The fourth-order valence-electron chi connectivity index (χ4n) is 1.61. The van der Waals surface area contributed by atoms with Gasteiger partial charge in [-0.2, -0.15) is 43.9 Å². The Hall–Kier alpha value is -1.15. The Balaban J connectivity index is 0.000000294. The van der Waals surface area contributed by atoms with Crippen molar-refractivity contribution < 1.29 is 48.5 Å². The van der Waals surface area contributed by atoms with E-state index < -0.39 is 54.7 Å². The molecular weight excluding hydrogens is 638 g/mol. The summed E-state index contributed by atoms with van der Waals surface area (Å²) in [7, 11) is -6.62. The van der Waals surface area contributed by atoms with Crippen LogP contribution in [-0.4, -0.2) is 46.9 Å². The first-order chi connectivity index (χ1) is 13.1. The molecular formula is C16H11BiF10OP. The molecule has 0 unspecified atom stereocenters. The molecule has 0 saturated carbocycles. The van der Waals surface area contributed by atoms with Gasteiger partial charge in [0.2, 0.25) is 7.80 Å². The Morgan fingerprint density at radius 3 is 1.07 bits per heavy atom. The van der Waals surface area contributed by atoms with Crippen molar-refractivity contribution in [1.82, 2.24) is 0 Å². The van der Waals surface area contributed by atoms with Crippen molar-refractivity contribution in [2.24, 2.45) is 0 Å². The van der Waals surface area contributed by atoms with Crippen LogP contribution in [0.5, 0.6) is 0 Å². The van der Waals surface area contributed by atoms with Crippen LogP contribution in [0.1, 0.15) is 0 Å². The molecule has 0 bridgehead atoms. The molecule has 0 amide bonds. The first kappa shape index (κ1) is 25.9. The van der Waals surface area contributed by atoms with Gasteiger partial charge >= 0.3 is 114 Å². The van der Waals surface area contributed by atoms with Gasteiger partial charge in [-0.15, -0.1) is 0 Å². The summed E-state index contributed by atoms with van der Waals surface area (Å²) in [6.45, 7) is 0. The van der Waals surface area contributed by atoms with Crippen LogP contribution in [0.4, 0.5) is 43.9 Å². The molecule has 161 valence electrons. The zero-order valence-corrected chi connectivity index (χ0v) is 18.4. The van der Waals surface area contributed by atoms with Crippen LogP contribution in [0.2, 0.25) is 0 Å². The van der Waals surface area contributed by atoms with Gasteiger partial charge in [0.25, 0.3) is 0 Å². The van der Waals surface area contributed by atoms with E-state index >= 15 is 0 Å². The van der Waals surface area contributed by atoms with E-state index in [0.717, 1.165) is 0 Å². The van der Waals surface area contributed by atoms with Crippen molar-refractivity contribution in [2.45, 2.75) is 23.7 Å². The van der Waals surface area contributed by atoms with Crippen LogP contribution in [0.25, 0.3) is 0 Å². The van der Waals surface area contributed by atoms with Gasteiger partial charge in [-0.3, -0.25) is 0 Å². The fraction of sp³-hybridized carbons (Fsp3) is 0.250. The first-order valence-electron chi connectivity index (χ1n) is 7.36. The van der Waals surface area contributed by atoms with E-state index in [2.05, 4.69) is 60.7 Å². The molecule has 0 aliphatic carbocycles. The quantitative estimate of drug-likeness (QED) is 0.253. The van der Waals surface area contributed by atoms with Crippen LogP contribution in [0.15, 0.2) is 60.7 Å². The Morgan fingerprint density at radius 1 is 0.552 bits per heavy atom. The average Bonchev–Trinajstić information content (AvgIpc) is 2.61. The Kier molecular flexibility index (Phi) is 8.73. The molecule has 2 rings (SSSR count). The van der Waals surface area contributed by atoms with Crippen molar-refractivity contribution in [3.63, 3.8) is 0 Å². The molecule has 0 heterocycles. The van der Waals surface area contributed by atoms with Gasteiger partial charge < -0.3 is 4.57 Å². The molecule has 0 aliphatic rings. The Labute approximate surface area is 170 Å². The number of rotatable bonds is 4. The third-order valence-electron chi connectivity index (χ3n) is 3.05. The van der Waals surface area contributed by atoms with Crippen molar-refractivity contribution in [2.75, 3.05) is 0 Å².